The first kappa shape index (κ1) is 27.2. The summed E-state index contributed by atoms with van der Waals surface area (Å²) in [7, 11) is 1.55. The summed E-state index contributed by atoms with van der Waals surface area (Å²) in [6, 6.07) is 17.6. The second-order valence-electron chi connectivity index (χ2n) is 8.56. The molecule has 0 aliphatic carbocycles. The zero-order valence-electron chi connectivity index (χ0n) is 21.1. The van der Waals surface area contributed by atoms with Crippen LogP contribution in [0.2, 0.25) is 0 Å². The third kappa shape index (κ3) is 7.54. The van der Waals surface area contributed by atoms with Crippen LogP contribution < -0.4 is 20.1 Å². The number of amides is 1. The van der Waals surface area contributed by atoms with Gasteiger partial charge in [-0.1, -0.05) is 12.1 Å². The molecule has 0 aliphatic rings. The molecule has 3 aromatic rings. The molecule has 3 rings (SSSR count). The molecule has 0 heterocycles. The molecule has 0 saturated carbocycles. The van der Waals surface area contributed by atoms with Crippen LogP contribution in [-0.4, -0.2) is 37.3 Å². The third-order valence-electron chi connectivity index (χ3n) is 5.33. The van der Waals surface area contributed by atoms with Crippen molar-refractivity contribution in [3.63, 3.8) is 0 Å². The molecule has 0 radical (unpaired) electrons. The Morgan fingerprint density at radius 3 is 2.35 bits per heavy atom. The number of methoxy groups -OCH3 is 1. The highest BCUT2D eigenvalue weighted by molar-refractivity contribution is 6.32. The normalized spacial score (nSPS) is 12.3. The van der Waals surface area contributed by atoms with E-state index in [0.29, 0.717) is 34.0 Å². The number of carbonyl (C=O) groups excluding carboxylic acids is 2. The first-order valence-corrected chi connectivity index (χ1v) is 11.7. The lowest BCUT2D eigenvalue weighted by Gasteiger charge is -2.27. The minimum absolute atomic E-state index is 0.344. The summed E-state index contributed by atoms with van der Waals surface area (Å²) in [5.41, 5.74) is 2.53. The molecule has 3 aromatic carbocycles. The number of halogens is 1. The molecular weight excluding hydrogens is 477 g/mol. The van der Waals surface area contributed by atoms with Gasteiger partial charge in [0.15, 0.2) is 0 Å². The Labute approximate surface area is 215 Å². The third-order valence-corrected chi connectivity index (χ3v) is 5.33. The Morgan fingerprint density at radius 1 is 0.973 bits per heavy atom. The van der Waals surface area contributed by atoms with E-state index in [1.54, 1.807) is 76.4 Å². The number of hydrogen-bond donors (Lipinski definition) is 3. The van der Waals surface area contributed by atoms with Crippen molar-refractivity contribution in [3.8, 4) is 11.5 Å². The quantitative estimate of drug-likeness (QED) is 0.199. The molecule has 0 unspecified atom stereocenters. The highest BCUT2D eigenvalue weighted by Crippen LogP contribution is 2.30. The van der Waals surface area contributed by atoms with Crippen molar-refractivity contribution in [2.45, 2.75) is 39.0 Å². The van der Waals surface area contributed by atoms with E-state index in [4.69, 9.17) is 19.6 Å². The fraction of sp³-hybridized carbons (Fsp3) is 0.250. The van der Waals surface area contributed by atoms with Crippen molar-refractivity contribution < 1.29 is 28.2 Å². The molecule has 0 fully saturated rings. The number of hydrogen-bond acceptors (Lipinski definition) is 7. The van der Waals surface area contributed by atoms with Gasteiger partial charge in [-0.05, 0) is 80.9 Å². The van der Waals surface area contributed by atoms with E-state index in [0.717, 1.165) is 0 Å². The second kappa shape index (κ2) is 12.5. The van der Waals surface area contributed by atoms with Gasteiger partial charge in [0.05, 0.1) is 19.3 Å². The van der Waals surface area contributed by atoms with Crippen molar-refractivity contribution in [1.29, 1.82) is 5.41 Å². The van der Waals surface area contributed by atoms with Crippen LogP contribution in [0.4, 0.5) is 15.8 Å². The Bertz CT molecular complexity index is 1250. The summed E-state index contributed by atoms with van der Waals surface area (Å²) >= 11 is 0. The maximum absolute atomic E-state index is 13.2. The van der Waals surface area contributed by atoms with Gasteiger partial charge in [-0.25, -0.2) is 9.18 Å². The first-order valence-electron chi connectivity index (χ1n) is 11.7. The topological polar surface area (TPSA) is 110 Å². The lowest BCUT2D eigenvalue weighted by molar-refractivity contribution is -0.158. The first-order chi connectivity index (χ1) is 17.7. The number of anilines is 2. The van der Waals surface area contributed by atoms with Gasteiger partial charge in [-0.2, -0.15) is 0 Å². The van der Waals surface area contributed by atoms with Crippen molar-refractivity contribution in [3.05, 3.63) is 83.7 Å². The van der Waals surface area contributed by atoms with Crippen LogP contribution >= 0.6 is 0 Å². The molecule has 0 aliphatic heterocycles. The lowest BCUT2D eigenvalue weighted by Crippen LogP contribution is -2.43. The van der Waals surface area contributed by atoms with Crippen LogP contribution in [0.25, 0.3) is 0 Å². The van der Waals surface area contributed by atoms with Gasteiger partial charge in [0, 0.05) is 23.2 Å². The summed E-state index contributed by atoms with van der Waals surface area (Å²) in [6.07, 6.45) is 0.0350. The molecule has 3 N–H and O–H groups in total. The SMILES string of the molecule is COc1cccc([C@@H](Oc2ccc(Nc3ccc(F)cc3)c(C=N)c2)[C@H](C)NC(=O)C(=O)OC(C)C)c1. The van der Waals surface area contributed by atoms with Crippen LogP contribution in [0, 0.1) is 11.2 Å². The average Bonchev–Trinajstić information content (AvgIpc) is 2.88. The molecule has 2 atom stereocenters. The minimum Gasteiger partial charge on any atom is -0.497 e. The van der Waals surface area contributed by atoms with Gasteiger partial charge in [-0.15, -0.1) is 0 Å². The number of carbonyl (C=O) groups is 2. The van der Waals surface area contributed by atoms with E-state index < -0.39 is 30.1 Å². The van der Waals surface area contributed by atoms with E-state index in [9.17, 15) is 14.0 Å². The number of ether oxygens (including phenoxy) is 3. The smallest absolute Gasteiger partial charge is 0.397 e. The van der Waals surface area contributed by atoms with Gasteiger partial charge < -0.3 is 30.3 Å². The van der Waals surface area contributed by atoms with E-state index >= 15 is 0 Å². The fourth-order valence-corrected chi connectivity index (χ4v) is 3.57. The Kier molecular flexibility index (Phi) is 9.21. The van der Waals surface area contributed by atoms with Crippen LogP contribution in [-0.2, 0) is 14.3 Å². The number of benzene rings is 3. The molecule has 37 heavy (non-hydrogen) atoms. The van der Waals surface area contributed by atoms with E-state index in [1.165, 1.54) is 18.3 Å². The number of rotatable bonds is 10. The van der Waals surface area contributed by atoms with Gasteiger partial charge in [-0.3, -0.25) is 4.79 Å². The highest BCUT2D eigenvalue weighted by Gasteiger charge is 2.27. The predicted molar refractivity (Wildman–Crippen MR) is 139 cm³/mol. The maximum Gasteiger partial charge on any atom is 0.397 e. The molecule has 0 bridgehead atoms. The van der Waals surface area contributed by atoms with Crippen molar-refractivity contribution >= 4 is 29.5 Å². The fourth-order valence-electron chi connectivity index (χ4n) is 3.57. The molecule has 8 nitrogen and oxygen atoms in total. The molecule has 0 spiro atoms. The highest BCUT2D eigenvalue weighted by atomic mass is 19.1. The summed E-state index contributed by atoms with van der Waals surface area (Å²) in [6.45, 7) is 5.03. The molecule has 0 aromatic heterocycles. The van der Waals surface area contributed by atoms with Crippen molar-refractivity contribution in [1.82, 2.24) is 5.32 Å². The average molecular weight is 508 g/mol. The Hall–Kier alpha value is -4.40. The molecule has 9 heteroatoms. The molecule has 0 saturated heterocycles. The Morgan fingerprint density at radius 2 is 1.70 bits per heavy atom. The van der Waals surface area contributed by atoms with Crippen LogP contribution in [0.3, 0.4) is 0 Å². The Balaban J connectivity index is 1.87. The van der Waals surface area contributed by atoms with Gasteiger partial charge in [0.25, 0.3) is 0 Å². The van der Waals surface area contributed by atoms with E-state index in [2.05, 4.69) is 10.6 Å². The summed E-state index contributed by atoms with van der Waals surface area (Å²) in [5, 5.41) is 13.7. The van der Waals surface area contributed by atoms with Gasteiger partial charge in [0.2, 0.25) is 0 Å². The summed E-state index contributed by atoms with van der Waals surface area (Å²) in [5.74, 6) is -1.17. The molecule has 194 valence electrons. The summed E-state index contributed by atoms with van der Waals surface area (Å²) < 4.78 is 29.8. The second-order valence-corrected chi connectivity index (χ2v) is 8.56. The predicted octanol–water partition coefficient (Wildman–Crippen LogP) is 5.15. The molecular formula is C28H30FN3O5. The zero-order chi connectivity index (χ0) is 26.9. The standard InChI is InChI=1S/C28H30FN3O5/c1-17(2)36-28(34)27(33)31-18(3)26(19-6-5-7-23(14-19)35-4)37-24-12-13-25(20(15-24)16-30)32-22-10-8-21(29)9-11-22/h5-18,26,30,32H,1-4H3,(H,31,33)/t18-,26-/m0/s1. The largest absolute Gasteiger partial charge is 0.497 e. The van der Waals surface area contributed by atoms with Crippen molar-refractivity contribution in [2.24, 2.45) is 0 Å². The molecule has 1 amide bonds. The number of esters is 1. The zero-order valence-corrected chi connectivity index (χ0v) is 21.1. The van der Waals surface area contributed by atoms with Crippen LogP contribution in [0.15, 0.2) is 66.7 Å². The summed E-state index contributed by atoms with van der Waals surface area (Å²) in [4.78, 5) is 24.5. The van der Waals surface area contributed by atoms with Gasteiger partial charge in [0.1, 0.15) is 23.4 Å². The van der Waals surface area contributed by atoms with Crippen LogP contribution in [0.1, 0.15) is 38.0 Å². The minimum atomic E-state index is -0.978. The van der Waals surface area contributed by atoms with Crippen molar-refractivity contribution in [2.75, 3.05) is 12.4 Å². The van der Waals surface area contributed by atoms with Gasteiger partial charge >= 0.3 is 11.9 Å². The maximum atomic E-state index is 13.2. The van der Waals surface area contributed by atoms with E-state index in [1.807, 2.05) is 6.07 Å². The monoisotopic (exact) mass is 507 g/mol. The number of nitrogens with one attached hydrogen (secondary N) is 3. The lowest BCUT2D eigenvalue weighted by atomic mass is 10.0. The van der Waals surface area contributed by atoms with E-state index in [-0.39, 0.29) is 5.82 Å². The van der Waals surface area contributed by atoms with Crippen LogP contribution in [0.5, 0.6) is 11.5 Å².